The molecule has 0 aromatic carbocycles. The summed E-state index contributed by atoms with van der Waals surface area (Å²) in [5.41, 5.74) is 5.36. The van der Waals surface area contributed by atoms with E-state index >= 15 is 0 Å². The van der Waals surface area contributed by atoms with Crippen molar-refractivity contribution in [3.63, 3.8) is 0 Å². The molecular formula is C10H21ClN2O2. The van der Waals surface area contributed by atoms with Crippen LogP contribution in [0, 0.1) is 0 Å². The van der Waals surface area contributed by atoms with Crippen LogP contribution in [-0.4, -0.2) is 35.7 Å². The molecule has 1 heterocycles. The van der Waals surface area contributed by atoms with Gasteiger partial charge in [0, 0.05) is 19.1 Å². The number of piperidine rings is 1. The van der Waals surface area contributed by atoms with E-state index in [-0.39, 0.29) is 24.5 Å². The molecule has 2 N–H and O–H groups in total. The molecule has 0 radical (unpaired) electrons. The van der Waals surface area contributed by atoms with E-state index in [9.17, 15) is 4.79 Å². The van der Waals surface area contributed by atoms with Crippen molar-refractivity contribution in [2.24, 2.45) is 5.73 Å². The predicted molar refractivity (Wildman–Crippen MR) is 62.3 cm³/mol. The third-order valence-corrected chi connectivity index (χ3v) is 2.11. The number of amides is 1. The highest BCUT2D eigenvalue weighted by Crippen LogP contribution is 2.14. The number of nitrogens with two attached hydrogens (primary N) is 1. The fraction of sp³-hybridized carbons (Fsp3) is 0.900. The van der Waals surface area contributed by atoms with Crippen molar-refractivity contribution in [1.29, 1.82) is 0 Å². The van der Waals surface area contributed by atoms with Crippen LogP contribution in [0.4, 0.5) is 4.79 Å². The van der Waals surface area contributed by atoms with Gasteiger partial charge >= 0.3 is 6.09 Å². The fourth-order valence-corrected chi connectivity index (χ4v) is 1.50. The molecule has 1 rings (SSSR count). The molecule has 0 unspecified atom stereocenters. The molecule has 1 amide bonds. The van der Waals surface area contributed by atoms with Gasteiger partial charge in [0.1, 0.15) is 5.60 Å². The van der Waals surface area contributed by atoms with Gasteiger partial charge < -0.3 is 15.4 Å². The van der Waals surface area contributed by atoms with E-state index in [1.54, 1.807) is 4.90 Å². The number of hydrogen-bond acceptors (Lipinski definition) is 3. The van der Waals surface area contributed by atoms with Gasteiger partial charge in [0.05, 0.1) is 0 Å². The van der Waals surface area contributed by atoms with E-state index in [0.29, 0.717) is 6.54 Å². The Kier molecular flexibility index (Phi) is 5.38. The summed E-state index contributed by atoms with van der Waals surface area (Å²) in [4.78, 5) is 13.3. The minimum Gasteiger partial charge on any atom is -0.444 e. The zero-order valence-electron chi connectivity index (χ0n) is 9.66. The van der Waals surface area contributed by atoms with Crippen molar-refractivity contribution >= 4 is 18.5 Å². The van der Waals surface area contributed by atoms with Crippen molar-refractivity contribution in [2.45, 2.75) is 45.3 Å². The number of ether oxygens (including phenoxy) is 1. The molecule has 0 spiro atoms. The molecule has 5 heteroatoms. The monoisotopic (exact) mass is 236 g/mol. The van der Waals surface area contributed by atoms with Crippen molar-refractivity contribution in [3.05, 3.63) is 0 Å². The average molecular weight is 237 g/mol. The number of halogens is 1. The highest BCUT2D eigenvalue weighted by molar-refractivity contribution is 5.85. The number of rotatable bonds is 0. The van der Waals surface area contributed by atoms with Crippen molar-refractivity contribution in [1.82, 2.24) is 4.90 Å². The summed E-state index contributed by atoms with van der Waals surface area (Å²) in [6.07, 6.45) is 1.73. The van der Waals surface area contributed by atoms with Crippen LogP contribution < -0.4 is 5.73 Å². The number of carbonyl (C=O) groups is 1. The molecule has 90 valence electrons. The van der Waals surface area contributed by atoms with Crippen LogP contribution in [0.3, 0.4) is 0 Å². The van der Waals surface area contributed by atoms with Gasteiger partial charge in [0.2, 0.25) is 0 Å². The van der Waals surface area contributed by atoms with Crippen molar-refractivity contribution in [3.8, 4) is 0 Å². The molecule has 15 heavy (non-hydrogen) atoms. The minimum absolute atomic E-state index is 0. The predicted octanol–water partition coefficient (Wildman–Crippen LogP) is 1.77. The molecule has 0 saturated carbocycles. The highest BCUT2D eigenvalue weighted by Gasteiger charge is 2.25. The highest BCUT2D eigenvalue weighted by atomic mass is 35.5. The molecule has 4 nitrogen and oxygen atoms in total. The maximum Gasteiger partial charge on any atom is 0.410 e. The molecular weight excluding hydrogens is 216 g/mol. The number of nitrogens with zero attached hydrogens (tertiary/aromatic N) is 1. The topological polar surface area (TPSA) is 55.6 Å². The second-order valence-electron chi connectivity index (χ2n) is 4.83. The first-order valence-electron chi connectivity index (χ1n) is 5.12. The van der Waals surface area contributed by atoms with Crippen molar-refractivity contribution in [2.75, 3.05) is 13.1 Å². The van der Waals surface area contributed by atoms with Crippen LogP contribution in [0.2, 0.25) is 0 Å². The Morgan fingerprint density at radius 2 is 2.07 bits per heavy atom. The lowest BCUT2D eigenvalue weighted by molar-refractivity contribution is 0.0200. The lowest BCUT2D eigenvalue weighted by atomic mass is 10.1. The first-order chi connectivity index (χ1) is 6.38. The number of hydrogen-bond donors (Lipinski definition) is 1. The Labute approximate surface area is 97.5 Å². The van der Waals surface area contributed by atoms with Crippen LogP contribution >= 0.6 is 12.4 Å². The molecule has 0 aliphatic carbocycles. The SMILES string of the molecule is CC(C)(C)OC(=O)N1CCC[C@H](N)C1.Cl. The summed E-state index contributed by atoms with van der Waals surface area (Å²) in [5.74, 6) is 0. The number of carbonyl (C=O) groups excluding carboxylic acids is 1. The van der Waals surface area contributed by atoms with Gasteiger partial charge in [0.15, 0.2) is 0 Å². The van der Waals surface area contributed by atoms with E-state index in [1.165, 1.54) is 0 Å². The Hall–Kier alpha value is -0.480. The normalized spacial score (nSPS) is 21.9. The summed E-state index contributed by atoms with van der Waals surface area (Å²) < 4.78 is 5.26. The average Bonchev–Trinajstić information content (AvgIpc) is 2.01. The maximum absolute atomic E-state index is 11.6. The van der Waals surface area contributed by atoms with Crippen LogP contribution in [0.25, 0.3) is 0 Å². The summed E-state index contributed by atoms with van der Waals surface area (Å²) in [6.45, 7) is 7.00. The Balaban J connectivity index is 0.00000196. The van der Waals surface area contributed by atoms with Gasteiger partial charge in [-0.25, -0.2) is 4.79 Å². The van der Waals surface area contributed by atoms with Gasteiger partial charge in [-0.2, -0.15) is 0 Å². The van der Waals surface area contributed by atoms with E-state index < -0.39 is 5.60 Å². The van der Waals surface area contributed by atoms with Gasteiger partial charge in [-0.1, -0.05) is 0 Å². The van der Waals surface area contributed by atoms with Crippen LogP contribution in [0.5, 0.6) is 0 Å². The zero-order valence-corrected chi connectivity index (χ0v) is 10.5. The van der Waals surface area contributed by atoms with E-state index in [1.807, 2.05) is 20.8 Å². The quantitative estimate of drug-likeness (QED) is 0.698. The molecule has 1 saturated heterocycles. The Morgan fingerprint density at radius 1 is 1.47 bits per heavy atom. The van der Waals surface area contributed by atoms with Crippen LogP contribution in [-0.2, 0) is 4.74 Å². The second kappa shape index (κ2) is 5.56. The minimum atomic E-state index is -0.418. The molecule has 0 aromatic rings. The first-order valence-corrected chi connectivity index (χ1v) is 5.12. The molecule has 1 fully saturated rings. The van der Waals surface area contributed by atoms with E-state index in [4.69, 9.17) is 10.5 Å². The maximum atomic E-state index is 11.6. The molecule has 1 aliphatic rings. The third kappa shape index (κ3) is 5.23. The van der Waals surface area contributed by atoms with Crippen LogP contribution in [0.15, 0.2) is 0 Å². The Morgan fingerprint density at radius 3 is 2.53 bits per heavy atom. The second-order valence-corrected chi connectivity index (χ2v) is 4.83. The largest absolute Gasteiger partial charge is 0.444 e. The molecule has 1 atom stereocenters. The van der Waals surface area contributed by atoms with Gasteiger partial charge in [-0.3, -0.25) is 0 Å². The summed E-state index contributed by atoms with van der Waals surface area (Å²) in [5, 5.41) is 0. The third-order valence-electron chi connectivity index (χ3n) is 2.11. The first kappa shape index (κ1) is 14.5. The van der Waals surface area contributed by atoms with Crippen LogP contribution in [0.1, 0.15) is 33.6 Å². The summed E-state index contributed by atoms with van der Waals surface area (Å²) >= 11 is 0. The summed E-state index contributed by atoms with van der Waals surface area (Å²) in [7, 11) is 0. The van der Waals surface area contributed by atoms with E-state index in [2.05, 4.69) is 0 Å². The molecule has 1 aliphatic heterocycles. The van der Waals surface area contributed by atoms with Crippen molar-refractivity contribution < 1.29 is 9.53 Å². The lowest BCUT2D eigenvalue weighted by Crippen LogP contribution is -2.47. The fourth-order valence-electron chi connectivity index (χ4n) is 1.50. The summed E-state index contributed by atoms with van der Waals surface area (Å²) in [6, 6.07) is 0.108. The Bertz CT molecular complexity index is 216. The number of likely N-dealkylation sites (tertiary alicyclic amines) is 1. The van der Waals surface area contributed by atoms with Gasteiger partial charge in [0.25, 0.3) is 0 Å². The van der Waals surface area contributed by atoms with Gasteiger partial charge in [-0.15, -0.1) is 12.4 Å². The van der Waals surface area contributed by atoms with Gasteiger partial charge in [-0.05, 0) is 33.6 Å². The molecule has 0 bridgehead atoms. The lowest BCUT2D eigenvalue weighted by Gasteiger charge is -2.32. The smallest absolute Gasteiger partial charge is 0.410 e. The standard InChI is InChI=1S/C10H20N2O2.ClH/c1-10(2,3)14-9(13)12-6-4-5-8(11)7-12;/h8H,4-7,11H2,1-3H3;1H/t8-;/m0./s1. The van der Waals surface area contributed by atoms with E-state index in [0.717, 1.165) is 19.4 Å². The molecule has 0 aromatic heterocycles. The zero-order chi connectivity index (χ0) is 10.8.